The Morgan fingerprint density at radius 2 is 1.78 bits per heavy atom. The number of hydrogen-bond acceptors (Lipinski definition) is 4. The Balaban J connectivity index is 1.53. The van der Waals surface area contributed by atoms with Crippen LogP contribution in [0.1, 0.15) is 44.3 Å². The average molecular weight is 402 g/mol. The summed E-state index contributed by atoms with van der Waals surface area (Å²) in [5.74, 6) is 0.931. The van der Waals surface area contributed by atoms with Gasteiger partial charge in [0.25, 0.3) is 5.91 Å². The quantitative estimate of drug-likeness (QED) is 0.358. The average Bonchev–Trinajstić information content (AvgIpc) is 3.10. The fourth-order valence-electron chi connectivity index (χ4n) is 3.64. The van der Waals surface area contributed by atoms with Gasteiger partial charge in [-0.15, -0.1) is 0 Å². The summed E-state index contributed by atoms with van der Waals surface area (Å²) >= 11 is 6.83. The van der Waals surface area contributed by atoms with Crippen molar-refractivity contribution in [3.05, 3.63) is 52.9 Å². The fraction of sp³-hybridized carbons (Fsp3) is 0.333. The first-order valence-corrected chi connectivity index (χ1v) is 10.5. The van der Waals surface area contributed by atoms with Gasteiger partial charge < -0.3 is 4.42 Å². The van der Waals surface area contributed by atoms with Gasteiger partial charge in [-0.05, 0) is 49.2 Å². The summed E-state index contributed by atoms with van der Waals surface area (Å²) in [6.07, 6.45) is 8.58. The first-order valence-electron chi connectivity index (χ1n) is 9.25. The molecule has 2 fully saturated rings. The SMILES string of the molecule is O=C1/C(=C\c2ccc(-c3ccc(F)cc3)o2)SC(=S)N1C1CCCCCC1. The van der Waals surface area contributed by atoms with Crippen LogP contribution < -0.4 is 0 Å². The van der Waals surface area contributed by atoms with Gasteiger partial charge in [0.1, 0.15) is 21.7 Å². The highest BCUT2D eigenvalue weighted by Gasteiger charge is 2.37. The number of halogens is 1. The normalized spacial score (nSPS) is 20.5. The lowest BCUT2D eigenvalue weighted by molar-refractivity contribution is -0.123. The molecule has 0 spiro atoms. The second-order valence-corrected chi connectivity index (χ2v) is 8.58. The molecule has 0 N–H and O–H groups in total. The van der Waals surface area contributed by atoms with Crippen LogP contribution in [0.3, 0.4) is 0 Å². The molecular weight excluding hydrogens is 381 g/mol. The van der Waals surface area contributed by atoms with E-state index in [-0.39, 0.29) is 17.8 Å². The van der Waals surface area contributed by atoms with Gasteiger partial charge in [0.2, 0.25) is 0 Å². The molecule has 1 aliphatic carbocycles. The Bertz CT molecular complexity index is 880. The molecule has 1 saturated carbocycles. The highest BCUT2D eigenvalue weighted by Crippen LogP contribution is 2.37. The lowest BCUT2D eigenvalue weighted by Crippen LogP contribution is -2.38. The molecule has 0 radical (unpaired) electrons. The summed E-state index contributed by atoms with van der Waals surface area (Å²) in [6, 6.07) is 10.00. The van der Waals surface area contributed by atoms with Crippen molar-refractivity contribution in [3.63, 3.8) is 0 Å². The number of hydrogen-bond donors (Lipinski definition) is 0. The molecule has 2 aromatic rings. The van der Waals surface area contributed by atoms with E-state index in [1.165, 1.54) is 36.7 Å². The van der Waals surface area contributed by atoms with Crippen LogP contribution >= 0.6 is 24.0 Å². The second-order valence-electron chi connectivity index (χ2n) is 6.91. The minimum atomic E-state index is -0.285. The van der Waals surface area contributed by atoms with E-state index in [0.717, 1.165) is 31.2 Å². The monoisotopic (exact) mass is 401 g/mol. The van der Waals surface area contributed by atoms with Crippen molar-refractivity contribution in [2.45, 2.75) is 44.6 Å². The van der Waals surface area contributed by atoms with E-state index in [9.17, 15) is 9.18 Å². The number of nitrogens with zero attached hydrogens (tertiary/aromatic N) is 1. The molecule has 4 rings (SSSR count). The summed E-state index contributed by atoms with van der Waals surface area (Å²) in [4.78, 5) is 15.3. The molecule has 0 atom stereocenters. The van der Waals surface area contributed by atoms with Gasteiger partial charge in [0, 0.05) is 17.7 Å². The number of furan rings is 1. The summed E-state index contributed by atoms with van der Waals surface area (Å²) in [7, 11) is 0. The maximum absolute atomic E-state index is 13.1. The van der Waals surface area contributed by atoms with Gasteiger partial charge >= 0.3 is 0 Å². The van der Waals surface area contributed by atoms with Crippen molar-refractivity contribution in [2.24, 2.45) is 0 Å². The van der Waals surface area contributed by atoms with Crippen LogP contribution in [0.4, 0.5) is 4.39 Å². The first kappa shape index (κ1) is 18.4. The predicted octanol–water partition coefficient (Wildman–Crippen LogP) is 6.01. The fourth-order valence-corrected chi connectivity index (χ4v) is 5.02. The van der Waals surface area contributed by atoms with Crippen molar-refractivity contribution < 1.29 is 13.6 Å². The van der Waals surface area contributed by atoms with Crippen molar-refractivity contribution in [3.8, 4) is 11.3 Å². The van der Waals surface area contributed by atoms with Crippen LogP contribution in [0, 0.1) is 5.82 Å². The number of benzene rings is 1. The third kappa shape index (κ3) is 4.01. The molecule has 1 aromatic carbocycles. The molecule has 1 aromatic heterocycles. The Morgan fingerprint density at radius 3 is 2.48 bits per heavy atom. The van der Waals surface area contributed by atoms with E-state index in [0.29, 0.717) is 20.7 Å². The van der Waals surface area contributed by atoms with Crippen LogP contribution in [-0.4, -0.2) is 21.2 Å². The Hall–Kier alpha value is -1.92. The molecule has 6 heteroatoms. The van der Waals surface area contributed by atoms with Gasteiger partial charge in [-0.25, -0.2) is 4.39 Å². The van der Waals surface area contributed by atoms with E-state index >= 15 is 0 Å². The molecule has 0 bridgehead atoms. The molecule has 2 heterocycles. The first-order chi connectivity index (χ1) is 13.1. The van der Waals surface area contributed by atoms with E-state index < -0.39 is 0 Å². The minimum Gasteiger partial charge on any atom is -0.457 e. The molecule has 27 heavy (non-hydrogen) atoms. The van der Waals surface area contributed by atoms with Crippen molar-refractivity contribution >= 4 is 40.3 Å². The van der Waals surface area contributed by atoms with Gasteiger partial charge in [0.15, 0.2) is 0 Å². The number of thiocarbonyl (C=S) groups is 1. The minimum absolute atomic E-state index is 0.0170. The van der Waals surface area contributed by atoms with Crippen LogP contribution in [0.25, 0.3) is 17.4 Å². The van der Waals surface area contributed by atoms with Gasteiger partial charge in [0.05, 0.1) is 4.91 Å². The largest absolute Gasteiger partial charge is 0.457 e. The lowest BCUT2D eigenvalue weighted by Gasteiger charge is -2.25. The lowest BCUT2D eigenvalue weighted by atomic mass is 10.1. The smallest absolute Gasteiger partial charge is 0.266 e. The molecule has 140 valence electrons. The van der Waals surface area contributed by atoms with Crippen molar-refractivity contribution in [1.29, 1.82) is 0 Å². The van der Waals surface area contributed by atoms with Crippen LogP contribution in [0.15, 0.2) is 45.7 Å². The Kier molecular flexibility index (Phi) is 5.45. The van der Waals surface area contributed by atoms with Gasteiger partial charge in [-0.1, -0.05) is 49.7 Å². The zero-order valence-electron chi connectivity index (χ0n) is 14.8. The molecular formula is C21H20FNO2S2. The summed E-state index contributed by atoms with van der Waals surface area (Å²) < 4.78 is 19.5. The summed E-state index contributed by atoms with van der Waals surface area (Å²) in [6.45, 7) is 0. The third-order valence-corrected chi connectivity index (χ3v) is 6.37. The Labute approximate surface area is 167 Å². The molecule has 0 unspecified atom stereocenters. The number of carbonyl (C=O) groups excluding carboxylic acids is 1. The van der Waals surface area contributed by atoms with E-state index in [2.05, 4.69) is 0 Å². The van der Waals surface area contributed by atoms with Gasteiger partial charge in [-0.3, -0.25) is 9.69 Å². The maximum atomic E-state index is 13.1. The van der Waals surface area contributed by atoms with Gasteiger partial charge in [-0.2, -0.15) is 0 Å². The standard InChI is InChI=1S/C21H20FNO2S2/c22-15-9-7-14(8-10-15)18-12-11-17(25-18)13-19-20(24)23(21(26)27-19)16-5-3-1-2-4-6-16/h7-13,16H,1-6H2/b19-13+. The number of thioether (sulfide) groups is 1. The highest BCUT2D eigenvalue weighted by molar-refractivity contribution is 8.26. The molecule has 1 aliphatic heterocycles. The number of carbonyl (C=O) groups is 1. The topological polar surface area (TPSA) is 33.5 Å². The van der Waals surface area contributed by atoms with E-state index in [1.807, 2.05) is 12.1 Å². The van der Waals surface area contributed by atoms with E-state index in [1.54, 1.807) is 23.1 Å². The third-order valence-electron chi connectivity index (χ3n) is 5.04. The highest BCUT2D eigenvalue weighted by atomic mass is 32.2. The van der Waals surface area contributed by atoms with Crippen LogP contribution in [0.2, 0.25) is 0 Å². The summed E-state index contributed by atoms with van der Waals surface area (Å²) in [5.41, 5.74) is 0.794. The molecule has 1 amide bonds. The van der Waals surface area contributed by atoms with E-state index in [4.69, 9.17) is 16.6 Å². The predicted molar refractivity (Wildman–Crippen MR) is 111 cm³/mol. The van der Waals surface area contributed by atoms with Crippen molar-refractivity contribution in [2.75, 3.05) is 0 Å². The zero-order chi connectivity index (χ0) is 18.8. The number of rotatable bonds is 3. The van der Waals surface area contributed by atoms with Crippen LogP contribution in [-0.2, 0) is 4.79 Å². The molecule has 2 aliphatic rings. The van der Waals surface area contributed by atoms with Crippen LogP contribution in [0.5, 0.6) is 0 Å². The molecule has 1 saturated heterocycles. The number of amides is 1. The molecule has 3 nitrogen and oxygen atoms in total. The summed E-state index contributed by atoms with van der Waals surface area (Å²) in [5, 5.41) is 0. The maximum Gasteiger partial charge on any atom is 0.266 e. The Morgan fingerprint density at radius 1 is 1.07 bits per heavy atom. The second kappa shape index (κ2) is 7.98. The van der Waals surface area contributed by atoms with Crippen molar-refractivity contribution in [1.82, 2.24) is 4.90 Å². The zero-order valence-corrected chi connectivity index (χ0v) is 16.5.